The van der Waals surface area contributed by atoms with Gasteiger partial charge in [0, 0.05) is 25.3 Å². The summed E-state index contributed by atoms with van der Waals surface area (Å²) in [4.78, 5) is 44.6. The molecule has 0 unspecified atom stereocenters. The number of hydrogen-bond donors (Lipinski definition) is 1. The molecule has 0 atom stereocenters. The molecule has 0 saturated heterocycles. The van der Waals surface area contributed by atoms with Crippen LogP contribution in [0.2, 0.25) is 0 Å². The van der Waals surface area contributed by atoms with E-state index in [0.717, 1.165) is 19.9 Å². The fraction of sp³-hybridized carbons (Fsp3) is 0.143. The van der Waals surface area contributed by atoms with Gasteiger partial charge in [0.15, 0.2) is 11.5 Å². The summed E-state index contributed by atoms with van der Waals surface area (Å²) in [6, 6.07) is 3.49. The number of ether oxygens (including phenoxy) is 2. The largest absolute Gasteiger partial charge is 0.477 e. The van der Waals surface area contributed by atoms with E-state index < -0.39 is 29.1 Å². The fourth-order valence-electron chi connectivity index (χ4n) is 1.75. The molecule has 22 heavy (non-hydrogen) atoms. The van der Waals surface area contributed by atoms with Crippen LogP contribution in [0.4, 0.5) is 0 Å². The number of benzene rings is 1. The van der Waals surface area contributed by atoms with Crippen molar-refractivity contribution in [1.29, 1.82) is 0 Å². The predicted molar refractivity (Wildman–Crippen MR) is 72.1 cm³/mol. The van der Waals surface area contributed by atoms with Crippen molar-refractivity contribution >= 4 is 28.9 Å². The zero-order chi connectivity index (χ0) is 16.4. The summed E-state index contributed by atoms with van der Waals surface area (Å²) in [7, 11) is 0. The lowest BCUT2D eigenvalue weighted by atomic mass is 10.1. The minimum absolute atomic E-state index is 0.0119. The number of aromatic carboxylic acids is 1. The molecule has 1 aromatic heterocycles. The number of fused-ring (bicyclic) bond motifs is 1. The Hall–Kier alpha value is -3.16. The number of hydrogen-bond acceptors (Lipinski definition) is 7. The first kappa shape index (κ1) is 15.2. The van der Waals surface area contributed by atoms with E-state index in [1.165, 1.54) is 12.1 Å². The summed E-state index contributed by atoms with van der Waals surface area (Å²) in [6.45, 7) is 2.29. The second-order valence-electron chi connectivity index (χ2n) is 4.28. The maximum absolute atomic E-state index is 11.5. The Morgan fingerprint density at radius 2 is 1.55 bits per heavy atom. The highest BCUT2D eigenvalue weighted by atomic mass is 16.6. The average molecular weight is 306 g/mol. The van der Waals surface area contributed by atoms with E-state index in [9.17, 15) is 19.2 Å². The summed E-state index contributed by atoms with van der Waals surface area (Å²) < 4.78 is 14.6. The molecule has 0 fully saturated rings. The average Bonchev–Trinajstić information content (AvgIpc) is 2.37. The van der Waals surface area contributed by atoms with E-state index in [1.54, 1.807) is 0 Å². The van der Waals surface area contributed by atoms with Gasteiger partial charge in [0.25, 0.3) is 0 Å². The molecule has 0 aliphatic rings. The molecule has 8 heteroatoms. The fourth-order valence-corrected chi connectivity index (χ4v) is 1.75. The van der Waals surface area contributed by atoms with Crippen molar-refractivity contribution in [2.75, 3.05) is 0 Å². The number of carbonyl (C=O) groups is 3. The summed E-state index contributed by atoms with van der Waals surface area (Å²) in [6.07, 6.45) is 0. The Bertz CT molecular complexity index is 846. The van der Waals surface area contributed by atoms with Crippen molar-refractivity contribution in [2.24, 2.45) is 0 Å². The lowest BCUT2D eigenvalue weighted by molar-refractivity contribution is -0.134. The summed E-state index contributed by atoms with van der Waals surface area (Å²) >= 11 is 0. The highest BCUT2D eigenvalue weighted by Crippen LogP contribution is 2.32. The van der Waals surface area contributed by atoms with Gasteiger partial charge >= 0.3 is 23.5 Å². The van der Waals surface area contributed by atoms with Gasteiger partial charge in [-0.25, -0.2) is 9.59 Å². The van der Waals surface area contributed by atoms with Gasteiger partial charge in [-0.1, -0.05) is 0 Å². The van der Waals surface area contributed by atoms with Crippen LogP contribution in [0.3, 0.4) is 0 Å². The van der Waals surface area contributed by atoms with Gasteiger partial charge in [-0.15, -0.1) is 0 Å². The predicted octanol–water partition coefficient (Wildman–Crippen LogP) is 1.34. The van der Waals surface area contributed by atoms with Crippen molar-refractivity contribution in [1.82, 2.24) is 0 Å². The summed E-state index contributed by atoms with van der Waals surface area (Å²) in [5, 5.41) is 9.10. The molecule has 0 amide bonds. The van der Waals surface area contributed by atoms with Crippen molar-refractivity contribution < 1.29 is 33.4 Å². The molecular formula is C14H10O8. The molecule has 0 saturated carbocycles. The van der Waals surface area contributed by atoms with Crippen LogP contribution in [0, 0.1) is 0 Å². The third kappa shape index (κ3) is 3.11. The lowest BCUT2D eigenvalue weighted by Crippen LogP contribution is -2.13. The standard InChI is InChI=1S/C14H10O8/c1-6(15)20-11-4-8-3-9(13(17)18)14(19)22-10(8)5-12(11)21-7(2)16/h3-5H,1-2H3,(H,17,18). The van der Waals surface area contributed by atoms with E-state index in [2.05, 4.69) is 0 Å². The molecule has 1 heterocycles. The minimum atomic E-state index is -1.45. The van der Waals surface area contributed by atoms with Crippen LogP contribution in [0.25, 0.3) is 11.0 Å². The van der Waals surface area contributed by atoms with Gasteiger partial charge in [-0.05, 0) is 12.1 Å². The Kier molecular flexibility index (Phi) is 3.93. The quantitative estimate of drug-likeness (QED) is 0.512. The van der Waals surface area contributed by atoms with Crippen molar-refractivity contribution in [3.8, 4) is 11.5 Å². The van der Waals surface area contributed by atoms with E-state index >= 15 is 0 Å². The second kappa shape index (κ2) is 5.68. The molecular weight excluding hydrogens is 296 g/mol. The van der Waals surface area contributed by atoms with E-state index in [4.69, 9.17) is 19.0 Å². The number of carboxylic acids is 1. The molecule has 2 aromatic rings. The van der Waals surface area contributed by atoms with Crippen molar-refractivity contribution in [2.45, 2.75) is 13.8 Å². The Morgan fingerprint density at radius 1 is 1.00 bits per heavy atom. The van der Waals surface area contributed by atoms with Crippen molar-refractivity contribution in [3.05, 3.63) is 34.2 Å². The topological polar surface area (TPSA) is 120 Å². The van der Waals surface area contributed by atoms with Crippen LogP contribution >= 0.6 is 0 Å². The Balaban J connectivity index is 2.70. The highest BCUT2D eigenvalue weighted by Gasteiger charge is 2.17. The second-order valence-corrected chi connectivity index (χ2v) is 4.28. The molecule has 1 N–H and O–H groups in total. The Morgan fingerprint density at radius 3 is 2.05 bits per heavy atom. The molecule has 0 radical (unpaired) electrons. The Labute approximate surface area is 122 Å². The number of rotatable bonds is 3. The van der Waals surface area contributed by atoms with E-state index in [0.29, 0.717) is 0 Å². The van der Waals surface area contributed by atoms with Gasteiger partial charge in [-0.3, -0.25) is 9.59 Å². The minimum Gasteiger partial charge on any atom is -0.477 e. The first-order chi connectivity index (χ1) is 10.3. The third-order valence-electron chi connectivity index (χ3n) is 2.54. The van der Waals surface area contributed by atoms with Gasteiger partial charge < -0.3 is 19.0 Å². The smallest absolute Gasteiger partial charge is 0.351 e. The van der Waals surface area contributed by atoms with Gasteiger partial charge in [-0.2, -0.15) is 0 Å². The maximum Gasteiger partial charge on any atom is 0.351 e. The molecule has 0 bridgehead atoms. The third-order valence-corrected chi connectivity index (χ3v) is 2.54. The summed E-state index contributed by atoms with van der Waals surface area (Å²) in [5.41, 5.74) is -1.63. The monoisotopic (exact) mass is 306 g/mol. The number of esters is 2. The van der Waals surface area contributed by atoms with Crippen LogP contribution in [0.15, 0.2) is 27.4 Å². The van der Waals surface area contributed by atoms with E-state index in [-0.39, 0.29) is 22.5 Å². The molecule has 2 rings (SSSR count). The van der Waals surface area contributed by atoms with Gasteiger partial charge in [0.2, 0.25) is 0 Å². The molecule has 8 nitrogen and oxygen atoms in total. The SMILES string of the molecule is CC(=O)Oc1cc2cc(C(=O)O)c(=O)oc2cc1OC(C)=O. The van der Waals surface area contributed by atoms with Crippen molar-refractivity contribution in [3.63, 3.8) is 0 Å². The van der Waals surface area contributed by atoms with Crippen LogP contribution < -0.4 is 15.1 Å². The molecule has 114 valence electrons. The number of carboxylic acid groups (broad SMARTS) is 1. The zero-order valence-electron chi connectivity index (χ0n) is 11.5. The lowest BCUT2D eigenvalue weighted by Gasteiger charge is -2.09. The maximum atomic E-state index is 11.5. The van der Waals surface area contributed by atoms with Crippen LogP contribution in [0.1, 0.15) is 24.2 Å². The van der Waals surface area contributed by atoms with E-state index in [1.807, 2.05) is 0 Å². The van der Waals surface area contributed by atoms with Crippen LogP contribution in [0.5, 0.6) is 11.5 Å². The van der Waals surface area contributed by atoms with Crippen LogP contribution in [-0.4, -0.2) is 23.0 Å². The number of carbonyl (C=O) groups excluding carboxylic acids is 2. The molecule has 1 aromatic carbocycles. The molecule has 0 spiro atoms. The first-order valence-corrected chi connectivity index (χ1v) is 6.00. The molecule has 0 aliphatic carbocycles. The zero-order valence-corrected chi connectivity index (χ0v) is 11.5. The van der Waals surface area contributed by atoms with Gasteiger partial charge in [0.05, 0.1) is 0 Å². The highest BCUT2D eigenvalue weighted by molar-refractivity contribution is 5.92. The normalized spacial score (nSPS) is 10.3. The summed E-state index contributed by atoms with van der Waals surface area (Å²) in [5.74, 6) is -3.00. The first-order valence-electron chi connectivity index (χ1n) is 6.00. The van der Waals surface area contributed by atoms with Gasteiger partial charge in [0.1, 0.15) is 11.1 Å². The van der Waals surface area contributed by atoms with Crippen LogP contribution in [-0.2, 0) is 9.59 Å². The molecule has 0 aliphatic heterocycles.